The maximum Gasteiger partial charge on any atom is 0.330 e. The van der Waals surface area contributed by atoms with Crippen molar-refractivity contribution in [3.63, 3.8) is 0 Å². The number of methoxy groups -OCH3 is 2. The van der Waals surface area contributed by atoms with Gasteiger partial charge in [0, 0.05) is 10.5 Å². The van der Waals surface area contributed by atoms with E-state index in [0.29, 0.717) is 5.75 Å². The van der Waals surface area contributed by atoms with Gasteiger partial charge in [-0.15, -0.1) is 11.8 Å². The van der Waals surface area contributed by atoms with Crippen LogP contribution in [0.4, 0.5) is 0 Å². The highest BCUT2D eigenvalue weighted by Crippen LogP contribution is 2.31. The summed E-state index contributed by atoms with van der Waals surface area (Å²) in [7, 11) is 2.80. The van der Waals surface area contributed by atoms with E-state index in [2.05, 4.69) is 10.1 Å². The largest absolute Gasteiger partial charge is 0.497 e. The molecular weight excluding hydrogens is 344 g/mol. The van der Waals surface area contributed by atoms with E-state index in [4.69, 9.17) is 10.5 Å². The van der Waals surface area contributed by atoms with E-state index in [1.54, 1.807) is 7.11 Å². The first kappa shape index (κ1) is 21.3. The van der Waals surface area contributed by atoms with E-state index >= 15 is 0 Å². The molecule has 0 saturated heterocycles. The van der Waals surface area contributed by atoms with Crippen LogP contribution >= 0.6 is 11.8 Å². The summed E-state index contributed by atoms with van der Waals surface area (Å²) in [5.74, 6) is 0.212. The normalized spacial score (nSPS) is 13.7. The minimum Gasteiger partial charge on any atom is -0.497 e. The third-order valence-corrected chi connectivity index (χ3v) is 5.26. The van der Waals surface area contributed by atoms with Crippen LogP contribution in [0.2, 0.25) is 0 Å². The molecule has 4 N–H and O–H groups in total. The molecule has 7 nitrogen and oxygen atoms in total. The Morgan fingerprint density at radius 2 is 1.88 bits per heavy atom. The standard InChI is InChI=1S/C17H26N2O5S/c1-17(2,25-10-11-5-7-12(23-3)8-6-11)14(18)15(21)19-13(9-20)16(22)24-4/h5-8,13-14,20H,9-10,18H2,1-4H3,(H,19,21)/t13-,14-/m0/s1. The Kier molecular flexibility index (Phi) is 8.21. The topological polar surface area (TPSA) is 111 Å². The van der Waals surface area contributed by atoms with Crippen molar-refractivity contribution in [2.45, 2.75) is 36.4 Å². The fraction of sp³-hybridized carbons (Fsp3) is 0.529. The van der Waals surface area contributed by atoms with Crippen molar-refractivity contribution < 1.29 is 24.2 Å². The summed E-state index contributed by atoms with van der Waals surface area (Å²) in [6.45, 7) is 3.17. The smallest absolute Gasteiger partial charge is 0.330 e. The van der Waals surface area contributed by atoms with Crippen molar-refractivity contribution in [2.75, 3.05) is 20.8 Å². The average molecular weight is 370 g/mol. The summed E-state index contributed by atoms with van der Waals surface area (Å²) in [4.78, 5) is 23.7. The van der Waals surface area contributed by atoms with Crippen LogP contribution < -0.4 is 15.8 Å². The van der Waals surface area contributed by atoms with Gasteiger partial charge in [0.25, 0.3) is 0 Å². The summed E-state index contributed by atoms with van der Waals surface area (Å²) in [6, 6.07) is 5.66. The third kappa shape index (κ3) is 6.22. The van der Waals surface area contributed by atoms with Gasteiger partial charge in [-0.2, -0.15) is 0 Å². The monoisotopic (exact) mass is 370 g/mol. The molecule has 8 heteroatoms. The zero-order chi connectivity index (χ0) is 19.0. The number of aliphatic hydroxyl groups is 1. The van der Waals surface area contributed by atoms with E-state index < -0.39 is 35.3 Å². The van der Waals surface area contributed by atoms with E-state index in [1.807, 2.05) is 38.1 Å². The number of amides is 1. The highest BCUT2D eigenvalue weighted by Gasteiger charge is 2.34. The van der Waals surface area contributed by atoms with Gasteiger partial charge in [0.15, 0.2) is 6.04 Å². The minimum absolute atomic E-state index is 0.517. The highest BCUT2D eigenvalue weighted by atomic mass is 32.2. The fourth-order valence-corrected chi connectivity index (χ4v) is 3.00. The van der Waals surface area contributed by atoms with Crippen LogP contribution in [0.5, 0.6) is 5.75 Å². The predicted octanol–water partition coefficient (Wildman–Crippen LogP) is 0.684. The van der Waals surface area contributed by atoms with Crippen molar-refractivity contribution >= 4 is 23.6 Å². The number of nitrogens with two attached hydrogens (primary N) is 1. The molecule has 1 rings (SSSR count). The Bertz CT molecular complexity index is 577. The molecule has 0 spiro atoms. The van der Waals surface area contributed by atoms with Crippen LogP contribution in [0, 0.1) is 0 Å². The Morgan fingerprint density at radius 1 is 1.28 bits per heavy atom. The molecular formula is C17H26N2O5S. The molecule has 25 heavy (non-hydrogen) atoms. The molecule has 0 saturated carbocycles. The second kappa shape index (κ2) is 9.65. The van der Waals surface area contributed by atoms with Crippen LogP contribution in [0.1, 0.15) is 19.4 Å². The average Bonchev–Trinajstić information content (AvgIpc) is 2.63. The summed E-state index contributed by atoms with van der Waals surface area (Å²) in [5.41, 5.74) is 7.14. The lowest BCUT2D eigenvalue weighted by molar-refractivity contribution is -0.146. The van der Waals surface area contributed by atoms with Gasteiger partial charge in [-0.25, -0.2) is 4.79 Å². The number of aliphatic hydroxyl groups excluding tert-OH is 1. The summed E-state index contributed by atoms with van der Waals surface area (Å²) >= 11 is 1.53. The quantitative estimate of drug-likeness (QED) is 0.548. The van der Waals surface area contributed by atoms with Crippen molar-refractivity contribution in [3.8, 4) is 5.75 Å². The van der Waals surface area contributed by atoms with Crippen LogP contribution in [0.25, 0.3) is 0 Å². The number of benzene rings is 1. The molecule has 0 radical (unpaired) electrons. The number of thioether (sulfide) groups is 1. The van der Waals surface area contributed by atoms with Gasteiger partial charge < -0.3 is 25.6 Å². The van der Waals surface area contributed by atoms with Crippen LogP contribution in [0.15, 0.2) is 24.3 Å². The van der Waals surface area contributed by atoms with Crippen molar-refractivity contribution in [1.82, 2.24) is 5.32 Å². The molecule has 1 aromatic carbocycles. The van der Waals surface area contributed by atoms with Gasteiger partial charge in [0.2, 0.25) is 5.91 Å². The van der Waals surface area contributed by atoms with Crippen molar-refractivity contribution in [3.05, 3.63) is 29.8 Å². The first-order valence-electron chi connectivity index (χ1n) is 7.76. The first-order valence-corrected chi connectivity index (χ1v) is 8.75. The maximum atomic E-state index is 12.3. The van der Waals surface area contributed by atoms with Gasteiger partial charge in [0.1, 0.15) is 5.75 Å². The molecule has 0 aliphatic heterocycles. The summed E-state index contributed by atoms with van der Waals surface area (Å²) in [5, 5.41) is 11.6. The Morgan fingerprint density at radius 3 is 2.36 bits per heavy atom. The fourth-order valence-electron chi connectivity index (χ4n) is 1.98. The molecule has 0 unspecified atom stereocenters. The van der Waals surface area contributed by atoms with Gasteiger partial charge in [-0.3, -0.25) is 4.79 Å². The zero-order valence-electron chi connectivity index (χ0n) is 14.9. The second-order valence-electron chi connectivity index (χ2n) is 5.98. The Hall–Kier alpha value is -1.77. The Balaban J connectivity index is 2.65. The lowest BCUT2D eigenvalue weighted by Crippen LogP contribution is -2.56. The molecule has 0 aliphatic carbocycles. The third-order valence-electron chi connectivity index (χ3n) is 3.79. The number of esters is 1. The number of hydrogen-bond acceptors (Lipinski definition) is 7. The molecule has 1 amide bonds. The molecule has 140 valence electrons. The van der Waals surface area contributed by atoms with E-state index in [0.717, 1.165) is 11.3 Å². The van der Waals surface area contributed by atoms with Gasteiger partial charge in [-0.1, -0.05) is 12.1 Å². The molecule has 0 aliphatic rings. The molecule has 0 fully saturated rings. The molecule has 2 atom stereocenters. The first-order chi connectivity index (χ1) is 11.7. The van der Waals surface area contributed by atoms with Crippen molar-refractivity contribution in [2.24, 2.45) is 5.73 Å². The predicted molar refractivity (Wildman–Crippen MR) is 97.4 cm³/mol. The van der Waals surface area contributed by atoms with Gasteiger partial charge in [-0.05, 0) is 31.5 Å². The lowest BCUT2D eigenvalue weighted by Gasteiger charge is -2.31. The molecule has 0 aromatic heterocycles. The second-order valence-corrected chi connectivity index (χ2v) is 7.61. The zero-order valence-corrected chi connectivity index (χ0v) is 15.8. The van der Waals surface area contributed by atoms with Crippen LogP contribution in [-0.4, -0.2) is 54.6 Å². The van der Waals surface area contributed by atoms with E-state index in [9.17, 15) is 14.7 Å². The number of carbonyl (C=O) groups is 2. The van der Waals surface area contributed by atoms with Gasteiger partial charge in [0.05, 0.1) is 26.9 Å². The van der Waals surface area contributed by atoms with Crippen molar-refractivity contribution in [1.29, 1.82) is 0 Å². The highest BCUT2D eigenvalue weighted by molar-refractivity contribution is 7.99. The molecule has 0 bridgehead atoms. The summed E-state index contributed by atoms with van der Waals surface area (Å²) < 4.78 is 9.06. The maximum absolute atomic E-state index is 12.3. The number of ether oxygens (including phenoxy) is 2. The molecule has 0 heterocycles. The SMILES string of the molecule is COC(=O)[C@H](CO)NC(=O)[C@H](N)C(C)(C)SCc1ccc(OC)cc1. The van der Waals surface area contributed by atoms with Gasteiger partial charge >= 0.3 is 5.97 Å². The lowest BCUT2D eigenvalue weighted by atomic mass is 10.0. The number of hydrogen-bond donors (Lipinski definition) is 3. The van der Waals surface area contributed by atoms with Crippen LogP contribution in [0.3, 0.4) is 0 Å². The summed E-state index contributed by atoms with van der Waals surface area (Å²) in [6.07, 6.45) is 0. The number of nitrogens with one attached hydrogen (secondary N) is 1. The van der Waals surface area contributed by atoms with E-state index in [1.165, 1.54) is 18.9 Å². The number of carbonyl (C=O) groups excluding carboxylic acids is 2. The molecule has 1 aromatic rings. The Labute approximate surface area is 152 Å². The van der Waals surface area contributed by atoms with E-state index in [-0.39, 0.29) is 0 Å². The minimum atomic E-state index is -1.12. The number of rotatable bonds is 9. The van der Waals surface area contributed by atoms with Crippen LogP contribution in [-0.2, 0) is 20.1 Å².